The Kier molecular flexibility index (Phi) is 9.99. The van der Waals surface area contributed by atoms with Crippen LogP contribution >= 0.6 is 0 Å². The molecule has 0 N–H and O–H groups in total. The van der Waals surface area contributed by atoms with Crippen molar-refractivity contribution in [2.75, 3.05) is 6.61 Å². The fourth-order valence-corrected chi connectivity index (χ4v) is 7.18. The number of alkyl halides is 2. The second-order valence-corrected chi connectivity index (χ2v) is 11.7. The highest BCUT2D eigenvalue weighted by Gasteiger charge is 2.37. The third-order valence-electron chi connectivity index (χ3n) is 9.32. The first-order chi connectivity index (χ1) is 17.3. The minimum atomic E-state index is -3.37. The predicted molar refractivity (Wildman–Crippen MR) is 134 cm³/mol. The van der Waals surface area contributed by atoms with Gasteiger partial charge in [-0.1, -0.05) is 19.8 Å². The molecule has 0 aliphatic heterocycles. The molecular weight excluding hydrogens is 468 g/mol. The highest BCUT2D eigenvalue weighted by Crippen LogP contribution is 2.46. The maximum Gasteiger partial charge on any atom is 0.397 e. The molecule has 36 heavy (non-hydrogen) atoms. The molecule has 0 amide bonds. The molecule has 1 aromatic carbocycles. The van der Waals surface area contributed by atoms with Crippen molar-refractivity contribution in [2.45, 2.75) is 115 Å². The molecule has 0 bridgehead atoms. The average molecular weight is 513 g/mol. The van der Waals surface area contributed by atoms with Crippen LogP contribution in [0.25, 0.3) is 0 Å². The van der Waals surface area contributed by atoms with E-state index in [2.05, 4.69) is 11.7 Å². The van der Waals surface area contributed by atoms with Crippen LogP contribution < -0.4 is 4.74 Å². The van der Waals surface area contributed by atoms with Gasteiger partial charge in [-0.15, -0.1) is 0 Å². The lowest BCUT2D eigenvalue weighted by molar-refractivity contribution is -0.183. The first-order valence-corrected chi connectivity index (χ1v) is 14.5. The maximum atomic E-state index is 14.3. The van der Waals surface area contributed by atoms with Crippen molar-refractivity contribution >= 4 is 0 Å². The number of hydrogen-bond donors (Lipinski definition) is 0. The van der Waals surface area contributed by atoms with Gasteiger partial charge < -0.3 is 9.47 Å². The van der Waals surface area contributed by atoms with Crippen LogP contribution in [0.4, 0.5) is 17.6 Å². The van der Waals surface area contributed by atoms with Gasteiger partial charge in [-0.05, 0) is 119 Å². The Morgan fingerprint density at radius 3 is 1.81 bits per heavy atom. The number of rotatable bonds is 10. The Bertz CT molecular complexity index is 792. The van der Waals surface area contributed by atoms with Crippen LogP contribution in [0.2, 0.25) is 0 Å². The Morgan fingerprint density at radius 2 is 1.28 bits per heavy atom. The molecular formula is C30H44F4O2. The summed E-state index contributed by atoms with van der Waals surface area (Å²) < 4.78 is 65.5. The van der Waals surface area contributed by atoms with E-state index in [0.717, 1.165) is 74.5 Å². The van der Waals surface area contributed by atoms with Crippen molar-refractivity contribution in [3.63, 3.8) is 0 Å². The van der Waals surface area contributed by atoms with E-state index in [1.165, 1.54) is 51.4 Å². The normalized spacial score (nSPS) is 31.8. The van der Waals surface area contributed by atoms with E-state index in [-0.39, 0.29) is 5.75 Å². The molecule has 204 valence electrons. The van der Waals surface area contributed by atoms with Crippen LogP contribution in [0.3, 0.4) is 0 Å². The van der Waals surface area contributed by atoms with E-state index in [1.54, 1.807) is 0 Å². The third kappa shape index (κ3) is 7.85. The molecule has 0 spiro atoms. The number of benzene rings is 1. The molecule has 3 saturated carbocycles. The summed E-state index contributed by atoms with van der Waals surface area (Å²) in [5.74, 6) is 1.04. The summed E-state index contributed by atoms with van der Waals surface area (Å²) in [7, 11) is 0. The highest BCUT2D eigenvalue weighted by molar-refractivity contribution is 5.23. The minimum Gasteiger partial charge on any atom is -0.432 e. The Labute approximate surface area is 214 Å². The van der Waals surface area contributed by atoms with Crippen LogP contribution in [0.1, 0.15) is 103 Å². The summed E-state index contributed by atoms with van der Waals surface area (Å²) >= 11 is 0. The van der Waals surface area contributed by atoms with E-state index in [0.29, 0.717) is 24.5 Å². The largest absolute Gasteiger partial charge is 0.432 e. The van der Waals surface area contributed by atoms with Crippen molar-refractivity contribution in [3.05, 3.63) is 29.8 Å². The summed E-state index contributed by atoms with van der Waals surface area (Å²) in [5.41, 5.74) is 0. The van der Waals surface area contributed by atoms with Crippen molar-refractivity contribution < 1.29 is 27.0 Å². The van der Waals surface area contributed by atoms with Crippen LogP contribution in [-0.4, -0.2) is 18.8 Å². The van der Waals surface area contributed by atoms with E-state index in [4.69, 9.17) is 4.74 Å². The molecule has 0 atom stereocenters. The van der Waals surface area contributed by atoms with Gasteiger partial charge in [0, 0.05) is 12.7 Å². The van der Waals surface area contributed by atoms with E-state index < -0.39 is 24.2 Å². The zero-order valence-corrected chi connectivity index (χ0v) is 21.8. The zero-order valence-electron chi connectivity index (χ0n) is 21.8. The van der Waals surface area contributed by atoms with Gasteiger partial charge in [-0.2, -0.15) is 8.78 Å². The lowest BCUT2D eigenvalue weighted by atomic mass is 9.65. The second kappa shape index (κ2) is 13.0. The monoisotopic (exact) mass is 512 g/mol. The average Bonchev–Trinajstić information content (AvgIpc) is 2.89. The predicted octanol–water partition coefficient (Wildman–Crippen LogP) is 9.31. The smallest absolute Gasteiger partial charge is 0.397 e. The van der Waals surface area contributed by atoms with Gasteiger partial charge in [0.1, 0.15) is 5.75 Å². The van der Waals surface area contributed by atoms with E-state index in [1.807, 2.05) is 0 Å². The molecule has 3 aliphatic rings. The van der Waals surface area contributed by atoms with Crippen LogP contribution in [0.15, 0.2) is 18.2 Å². The lowest BCUT2D eigenvalue weighted by Crippen LogP contribution is -2.31. The van der Waals surface area contributed by atoms with Gasteiger partial charge in [0.05, 0.1) is 12.5 Å². The van der Waals surface area contributed by atoms with Crippen molar-refractivity contribution in [3.8, 4) is 5.75 Å². The SMILES string of the molecule is CCCOC1CCC(C2CCC(C3CCC(CCC(F)(F)Oc4ccc(F)c(F)c4)CC3)CC2)CC1. The number of ether oxygens (including phenoxy) is 2. The molecule has 0 heterocycles. The summed E-state index contributed by atoms with van der Waals surface area (Å²) in [5, 5.41) is 0. The first-order valence-electron chi connectivity index (χ1n) is 14.5. The van der Waals surface area contributed by atoms with Crippen LogP contribution in [-0.2, 0) is 4.74 Å². The molecule has 3 fully saturated rings. The van der Waals surface area contributed by atoms with Gasteiger partial charge in [0.25, 0.3) is 0 Å². The number of hydrogen-bond acceptors (Lipinski definition) is 2. The summed E-state index contributed by atoms with van der Waals surface area (Å²) in [6, 6.07) is 2.53. The summed E-state index contributed by atoms with van der Waals surface area (Å²) in [6.45, 7) is 3.07. The molecule has 0 saturated heterocycles. The lowest BCUT2D eigenvalue weighted by Gasteiger charge is -2.41. The molecule has 0 aromatic heterocycles. The second-order valence-electron chi connectivity index (χ2n) is 11.7. The maximum absolute atomic E-state index is 14.3. The summed E-state index contributed by atoms with van der Waals surface area (Å²) in [4.78, 5) is 0. The van der Waals surface area contributed by atoms with Crippen molar-refractivity contribution in [1.82, 2.24) is 0 Å². The zero-order chi connectivity index (χ0) is 25.5. The van der Waals surface area contributed by atoms with Gasteiger partial charge in [-0.25, -0.2) is 8.78 Å². The topological polar surface area (TPSA) is 18.5 Å². The minimum absolute atomic E-state index is 0.294. The fourth-order valence-electron chi connectivity index (χ4n) is 7.18. The van der Waals surface area contributed by atoms with E-state index in [9.17, 15) is 17.6 Å². The Balaban J connectivity index is 1.12. The fraction of sp³-hybridized carbons (Fsp3) is 0.800. The quantitative estimate of drug-likeness (QED) is 0.291. The molecule has 0 radical (unpaired) electrons. The Hall–Kier alpha value is -1.30. The van der Waals surface area contributed by atoms with Crippen LogP contribution in [0, 0.1) is 41.2 Å². The van der Waals surface area contributed by atoms with E-state index >= 15 is 0 Å². The molecule has 4 rings (SSSR count). The highest BCUT2D eigenvalue weighted by atomic mass is 19.3. The van der Waals surface area contributed by atoms with Crippen LogP contribution in [0.5, 0.6) is 5.75 Å². The van der Waals surface area contributed by atoms with Crippen molar-refractivity contribution in [1.29, 1.82) is 0 Å². The standard InChI is InChI=1S/C30H44F4O2/c1-2-19-35-26-13-11-25(12-14-26)24-9-7-23(8-10-24)22-5-3-21(4-6-22)17-18-30(33,34)36-27-15-16-28(31)29(32)20-27/h15-16,20-26H,2-14,17-19H2,1H3. The van der Waals surface area contributed by atoms with Crippen molar-refractivity contribution in [2.24, 2.45) is 29.6 Å². The molecule has 6 heteroatoms. The van der Waals surface area contributed by atoms with Gasteiger partial charge in [0.15, 0.2) is 11.6 Å². The Morgan fingerprint density at radius 1 is 0.750 bits per heavy atom. The molecule has 0 unspecified atom stereocenters. The summed E-state index contributed by atoms with van der Waals surface area (Å²) in [6.07, 6.45) is 13.1. The van der Waals surface area contributed by atoms with Gasteiger partial charge >= 0.3 is 6.11 Å². The van der Waals surface area contributed by atoms with Gasteiger partial charge in [0.2, 0.25) is 0 Å². The molecule has 1 aromatic rings. The molecule has 3 aliphatic carbocycles. The molecule has 2 nitrogen and oxygen atoms in total. The number of halogens is 4. The first kappa shape index (κ1) is 27.7. The van der Waals surface area contributed by atoms with Gasteiger partial charge in [-0.3, -0.25) is 0 Å². The third-order valence-corrected chi connectivity index (χ3v) is 9.32.